The Kier molecular flexibility index (Phi) is 9.06. The van der Waals surface area contributed by atoms with E-state index in [4.69, 9.17) is 14.5 Å². The predicted molar refractivity (Wildman–Crippen MR) is 117 cm³/mol. The van der Waals surface area contributed by atoms with Gasteiger partial charge >= 0.3 is 11.9 Å². The molecule has 0 aromatic heterocycles. The van der Waals surface area contributed by atoms with Crippen LogP contribution in [0, 0.1) is 11.3 Å². The van der Waals surface area contributed by atoms with Gasteiger partial charge in [0.05, 0.1) is 13.0 Å². The first kappa shape index (κ1) is 24.9. The van der Waals surface area contributed by atoms with Gasteiger partial charge in [0, 0.05) is 17.0 Å². The number of hydrogen-bond donors (Lipinski definition) is 0. The first-order valence-electron chi connectivity index (χ1n) is 10.4. The fourth-order valence-corrected chi connectivity index (χ4v) is 3.06. The van der Waals surface area contributed by atoms with E-state index in [-0.39, 0.29) is 23.7 Å². The number of benzene rings is 1. The highest BCUT2D eigenvalue weighted by molar-refractivity contribution is 6.05. The molecule has 0 spiro atoms. The molecular formula is C24H37NO4. The number of esters is 2. The van der Waals surface area contributed by atoms with Gasteiger partial charge in [-0.1, -0.05) is 64.4 Å². The molecule has 1 rings (SSSR count). The number of carbonyl (C=O) groups is 2. The Morgan fingerprint density at radius 1 is 1.00 bits per heavy atom. The maximum Gasteiger partial charge on any atom is 0.331 e. The molecule has 0 saturated carbocycles. The van der Waals surface area contributed by atoms with Crippen LogP contribution in [0.15, 0.2) is 35.3 Å². The number of aliphatic imine (C=N–C) groups is 1. The fraction of sp³-hybridized carbons (Fsp3) is 0.625. The third-order valence-electron chi connectivity index (χ3n) is 4.38. The molecule has 1 aromatic rings. The molecule has 0 bridgehead atoms. The van der Waals surface area contributed by atoms with E-state index in [0.717, 1.165) is 11.3 Å². The standard InChI is InChI=1S/C24H37NO4/c1-9-17(16-19(26)28-10-2)20(22(27)29-24(6,7)8)25-21(23(3,4)5)18-14-12-11-13-15-18/h11-15,17,20H,9-10,16H2,1-8H3/t17-,20-/m1/s1. The van der Waals surface area contributed by atoms with Gasteiger partial charge < -0.3 is 9.47 Å². The number of nitrogens with zero attached hydrogens (tertiary/aromatic N) is 1. The van der Waals surface area contributed by atoms with E-state index in [1.54, 1.807) is 6.92 Å². The van der Waals surface area contributed by atoms with Gasteiger partial charge in [-0.3, -0.25) is 9.79 Å². The van der Waals surface area contributed by atoms with Crippen LogP contribution < -0.4 is 0 Å². The zero-order valence-corrected chi connectivity index (χ0v) is 19.2. The third-order valence-corrected chi connectivity index (χ3v) is 4.38. The van der Waals surface area contributed by atoms with Crippen LogP contribution in [0.25, 0.3) is 0 Å². The normalized spacial score (nSPS) is 14.8. The molecule has 0 saturated heterocycles. The summed E-state index contributed by atoms with van der Waals surface area (Å²) in [6, 6.07) is 9.05. The lowest BCUT2D eigenvalue weighted by Crippen LogP contribution is -2.38. The van der Waals surface area contributed by atoms with E-state index in [2.05, 4.69) is 20.8 Å². The summed E-state index contributed by atoms with van der Waals surface area (Å²) in [7, 11) is 0. The molecule has 29 heavy (non-hydrogen) atoms. The Balaban J connectivity index is 3.44. The molecule has 0 fully saturated rings. The maximum absolute atomic E-state index is 13.1. The van der Waals surface area contributed by atoms with Crippen LogP contribution in [0.2, 0.25) is 0 Å². The second kappa shape index (κ2) is 10.6. The van der Waals surface area contributed by atoms with Crippen LogP contribution in [-0.4, -0.2) is 35.9 Å². The van der Waals surface area contributed by atoms with Crippen molar-refractivity contribution in [2.45, 2.75) is 79.9 Å². The van der Waals surface area contributed by atoms with Crippen molar-refractivity contribution in [3.63, 3.8) is 0 Å². The Labute approximate surface area is 175 Å². The molecule has 0 aliphatic carbocycles. The Hall–Kier alpha value is -2.17. The highest BCUT2D eigenvalue weighted by Gasteiger charge is 2.35. The van der Waals surface area contributed by atoms with Gasteiger partial charge in [0.25, 0.3) is 0 Å². The van der Waals surface area contributed by atoms with Crippen molar-refractivity contribution in [1.82, 2.24) is 0 Å². The number of rotatable bonds is 8. The summed E-state index contributed by atoms with van der Waals surface area (Å²) >= 11 is 0. The van der Waals surface area contributed by atoms with Crippen LogP contribution in [0.3, 0.4) is 0 Å². The average Bonchev–Trinajstić information content (AvgIpc) is 2.59. The van der Waals surface area contributed by atoms with Gasteiger partial charge in [-0.05, 0) is 33.3 Å². The predicted octanol–water partition coefficient (Wildman–Crippen LogP) is 5.21. The molecule has 0 unspecified atom stereocenters. The lowest BCUT2D eigenvalue weighted by Gasteiger charge is -2.29. The van der Waals surface area contributed by atoms with Gasteiger partial charge in [0.15, 0.2) is 6.04 Å². The summed E-state index contributed by atoms with van der Waals surface area (Å²) in [5.41, 5.74) is 0.849. The van der Waals surface area contributed by atoms with Crippen molar-refractivity contribution in [3.05, 3.63) is 35.9 Å². The average molecular weight is 404 g/mol. The van der Waals surface area contributed by atoms with E-state index >= 15 is 0 Å². The summed E-state index contributed by atoms with van der Waals surface area (Å²) in [4.78, 5) is 30.2. The first-order chi connectivity index (χ1) is 13.4. The zero-order valence-electron chi connectivity index (χ0n) is 19.2. The monoisotopic (exact) mass is 403 g/mol. The summed E-state index contributed by atoms with van der Waals surface area (Å²) in [6.45, 7) is 15.7. The lowest BCUT2D eigenvalue weighted by molar-refractivity contribution is -0.158. The molecule has 1 aromatic carbocycles. The molecule has 0 aliphatic heterocycles. The summed E-state index contributed by atoms with van der Waals surface area (Å²) < 4.78 is 10.8. The quantitative estimate of drug-likeness (QED) is 0.441. The SMILES string of the molecule is CCOC(=O)C[C@@H](CC)[C@@H](N=C(c1ccccc1)C(C)(C)C)C(=O)OC(C)(C)C. The van der Waals surface area contributed by atoms with Gasteiger partial charge in [-0.15, -0.1) is 0 Å². The molecule has 162 valence electrons. The fourth-order valence-electron chi connectivity index (χ4n) is 3.06. The smallest absolute Gasteiger partial charge is 0.331 e. The molecule has 2 atom stereocenters. The van der Waals surface area contributed by atoms with Crippen molar-refractivity contribution in [3.8, 4) is 0 Å². The highest BCUT2D eigenvalue weighted by Crippen LogP contribution is 2.27. The lowest BCUT2D eigenvalue weighted by atomic mass is 9.84. The van der Waals surface area contributed by atoms with Gasteiger partial charge in [0.1, 0.15) is 5.60 Å². The summed E-state index contributed by atoms with van der Waals surface area (Å²) in [5.74, 6) is -1.03. The van der Waals surface area contributed by atoms with Crippen LogP contribution in [-0.2, 0) is 19.1 Å². The van der Waals surface area contributed by atoms with Crippen molar-refractivity contribution in [2.24, 2.45) is 16.3 Å². The molecule has 0 amide bonds. The van der Waals surface area contributed by atoms with E-state index in [0.29, 0.717) is 13.0 Å². The summed E-state index contributed by atoms with van der Waals surface area (Å²) in [5, 5.41) is 0. The molecule has 0 radical (unpaired) electrons. The van der Waals surface area contributed by atoms with E-state index < -0.39 is 17.6 Å². The van der Waals surface area contributed by atoms with Crippen molar-refractivity contribution >= 4 is 17.7 Å². The topological polar surface area (TPSA) is 65.0 Å². The van der Waals surface area contributed by atoms with Crippen molar-refractivity contribution in [1.29, 1.82) is 0 Å². The van der Waals surface area contributed by atoms with Crippen LogP contribution in [0.1, 0.15) is 73.8 Å². The Bertz CT molecular complexity index is 696. The van der Waals surface area contributed by atoms with E-state index in [9.17, 15) is 9.59 Å². The maximum atomic E-state index is 13.1. The van der Waals surface area contributed by atoms with E-state index in [1.165, 1.54) is 0 Å². The highest BCUT2D eigenvalue weighted by atomic mass is 16.6. The zero-order chi connectivity index (χ0) is 22.2. The minimum Gasteiger partial charge on any atom is -0.466 e. The Morgan fingerprint density at radius 3 is 2.03 bits per heavy atom. The second-order valence-corrected chi connectivity index (χ2v) is 9.25. The van der Waals surface area contributed by atoms with E-state index in [1.807, 2.05) is 58.0 Å². The van der Waals surface area contributed by atoms with Crippen LogP contribution in [0.5, 0.6) is 0 Å². The van der Waals surface area contributed by atoms with Crippen molar-refractivity contribution < 1.29 is 19.1 Å². The summed E-state index contributed by atoms with van der Waals surface area (Å²) in [6.07, 6.45) is 0.738. The van der Waals surface area contributed by atoms with Crippen LogP contribution in [0.4, 0.5) is 0 Å². The molecule has 0 aliphatic rings. The second-order valence-electron chi connectivity index (χ2n) is 9.25. The number of hydrogen-bond acceptors (Lipinski definition) is 5. The molecule has 5 heteroatoms. The Morgan fingerprint density at radius 2 is 1.59 bits per heavy atom. The molecule has 5 nitrogen and oxygen atoms in total. The third kappa shape index (κ3) is 8.38. The number of carbonyl (C=O) groups excluding carboxylic acids is 2. The molecule has 0 N–H and O–H groups in total. The van der Waals surface area contributed by atoms with Gasteiger partial charge in [0.2, 0.25) is 0 Å². The molecular weight excluding hydrogens is 366 g/mol. The number of ether oxygens (including phenoxy) is 2. The molecule has 0 heterocycles. The minimum absolute atomic E-state index is 0.129. The largest absolute Gasteiger partial charge is 0.466 e. The van der Waals surface area contributed by atoms with Gasteiger partial charge in [-0.25, -0.2) is 4.79 Å². The first-order valence-corrected chi connectivity index (χ1v) is 10.4. The van der Waals surface area contributed by atoms with Crippen molar-refractivity contribution in [2.75, 3.05) is 6.61 Å². The van der Waals surface area contributed by atoms with Crippen LogP contribution >= 0.6 is 0 Å². The van der Waals surface area contributed by atoms with Gasteiger partial charge in [-0.2, -0.15) is 0 Å². The minimum atomic E-state index is -0.780.